The van der Waals surface area contributed by atoms with Gasteiger partial charge < -0.3 is 4.57 Å². The van der Waals surface area contributed by atoms with Crippen LogP contribution in [0.5, 0.6) is 0 Å². The molecule has 0 bridgehead atoms. The first-order valence-corrected chi connectivity index (χ1v) is 4.68. The first kappa shape index (κ1) is 9.39. The minimum Gasteiger partial charge on any atom is -0.331 e. The van der Waals surface area contributed by atoms with Gasteiger partial charge in [0.2, 0.25) is 0 Å². The van der Waals surface area contributed by atoms with E-state index in [1.54, 1.807) is 0 Å². The molecule has 0 spiro atoms. The van der Waals surface area contributed by atoms with Gasteiger partial charge in [-0.2, -0.15) is 12.6 Å². The Morgan fingerprint density at radius 2 is 2.50 bits per heavy atom. The Morgan fingerprint density at radius 3 is 3.08 bits per heavy atom. The number of hydrogen-bond acceptors (Lipinski definition) is 2. The highest BCUT2D eigenvalue weighted by Crippen LogP contribution is 2.03. The topological polar surface area (TPSA) is 17.8 Å². The molecule has 0 aliphatic heterocycles. The first-order valence-electron chi connectivity index (χ1n) is 4.05. The second kappa shape index (κ2) is 4.36. The molecule has 0 atom stereocenters. The molecule has 0 amide bonds. The van der Waals surface area contributed by atoms with Crippen LogP contribution in [-0.4, -0.2) is 15.3 Å². The molecule has 1 aromatic heterocycles. The van der Waals surface area contributed by atoms with Crippen molar-refractivity contribution >= 4 is 12.6 Å². The van der Waals surface area contributed by atoms with Crippen molar-refractivity contribution < 1.29 is 0 Å². The fourth-order valence-corrected chi connectivity index (χ4v) is 1.19. The highest BCUT2D eigenvalue weighted by Gasteiger charge is 1.99. The summed E-state index contributed by atoms with van der Waals surface area (Å²) in [6, 6.07) is 0. The SMILES string of the molecule is C=C(CS)Cn1ccnc1CC. The maximum Gasteiger partial charge on any atom is 0.108 e. The van der Waals surface area contributed by atoms with Crippen molar-refractivity contribution in [2.24, 2.45) is 0 Å². The van der Waals surface area contributed by atoms with E-state index >= 15 is 0 Å². The van der Waals surface area contributed by atoms with Gasteiger partial charge in [-0.15, -0.1) is 0 Å². The number of rotatable bonds is 4. The monoisotopic (exact) mass is 182 g/mol. The van der Waals surface area contributed by atoms with Gasteiger partial charge in [0, 0.05) is 31.1 Å². The van der Waals surface area contributed by atoms with Gasteiger partial charge in [0.15, 0.2) is 0 Å². The predicted molar refractivity (Wildman–Crippen MR) is 54.6 cm³/mol. The summed E-state index contributed by atoms with van der Waals surface area (Å²) in [6.45, 7) is 6.84. The van der Waals surface area contributed by atoms with E-state index in [0.717, 1.165) is 30.1 Å². The number of aromatic nitrogens is 2. The Bertz CT molecular complexity index is 265. The minimum absolute atomic E-state index is 0.737. The third-order valence-corrected chi connectivity index (χ3v) is 2.18. The quantitative estimate of drug-likeness (QED) is 0.556. The summed E-state index contributed by atoms with van der Waals surface area (Å²) in [5, 5.41) is 0. The number of nitrogens with zero attached hydrogens (tertiary/aromatic N) is 2. The molecule has 1 heterocycles. The van der Waals surface area contributed by atoms with Crippen LogP contribution in [0.2, 0.25) is 0 Å². The van der Waals surface area contributed by atoms with Gasteiger partial charge in [-0.05, 0) is 5.57 Å². The molecule has 66 valence electrons. The highest BCUT2D eigenvalue weighted by atomic mass is 32.1. The van der Waals surface area contributed by atoms with Crippen molar-refractivity contribution in [1.29, 1.82) is 0 Å². The second-order valence-corrected chi connectivity index (χ2v) is 3.05. The fourth-order valence-electron chi connectivity index (χ4n) is 1.09. The molecule has 0 aromatic carbocycles. The number of imidazole rings is 1. The van der Waals surface area contributed by atoms with Crippen LogP contribution < -0.4 is 0 Å². The van der Waals surface area contributed by atoms with Crippen molar-refractivity contribution in [1.82, 2.24) is 9.55 Å². The van der Waals surface area contributed by atoms with Gasteiger partial charge in [-0.25, -0.2) is 4.98 Å². The lowest BCUT2D eigenvalue weighted by Gasteiger charge is -2.06. The van der Waals surface area contributed by atoms with E-state index in [0.29, 0.717) is 0 Å². The second-order valence-electron chi connectivity index (χ2n) is 2.73. The molecule has 0 fully saturated rings. The van der Waals surface area contributed by atoms with Gasteiger partial charge in [0.1, 0.15) is 5.82 Å². The summed E-state index contributed by atoms with van der Waals surface area (Å²) < 4.78 is 2.11. The van der Waals surface area contributed by atoms with Gasteiger partial charge in [-0.1, -0.05) is 13.5 Å². The van der Waals surface area contributed by atoms with E-state index in [4.69, 9.17) is 0 Å². The molecular weight excluding hydrogens is 168 g/mol. The van der Waals surface area contributed by atoms with Crippen molar-refractivity contribution in [3.63, 3.8) is 0 Å². The number of aryl methyl sites for hydroxylation is 1. The van der Waals surface area contributed by atoms with Crippen LogP contribution in [0.1, 0.15) is 12.7 Å². The van der Waals surface area contributed by atoms with Crippen molar-refractivity contribution in [2.75, 3.05) is 5.75 Å². The number of thiol groups is 1. The highest BCUT2D eigenvalue weighted by molar-refractivity contribution is 7.80. The Kier molecular flexibility index (Phi) is 3.41. The van der Waals surface area contributed by atoms with E-state index in [-0.39, 0.29) is 0 Å². The largest absolute Gasteiger partial charge is 0.331 e. The lowest BCUT2D eigenvalue weighted by Crippen LogP contribution is -2.04. The normalized spacial score (nSPS) is 10.2. The van der Waals surface area contributed by atoms with Crippen LogP contribution in [0, 0.1) is 0 Å². The molecule has 0 aliphatic rings. The van der Waals surface area contributed by atoms with Gasteiger partial charge >= 0.3 is 0 Å². The summed E-state index contributed by atoms with van der Waals surface area (Å²) in [5.41, 5.74) is 1.12. The van der Waals surface area contributed by atoms with Crippen molar-refractivity contribution in [3.8, 4) is 0 Å². The Hall–Kier alpha value is -0.700. The van der Waals surface area contributed by atoms with E-state index in [9.17, 15) is 0 Å². The molecule has 3 heteroatoms. The lowest BCUT2D eigenvalue weighted by atomic mass is 10.3. The molecule has 0 aliphatic carbocycles. The molecule has 0 saturated carbocycles. The van der Waals surface area contributed by atoms with Crippen LogP contribution in [0.25, 0.3) is 0 Å². The van der Waals surface area contributed by atoms with E-state index < -0.39 is 0 Å². The Balaban J connectivity index is 2.68. The van der Waals surface area contributed by atoms with Crippen molar-refractivity contribution in [2.45, 2.75) is 19.9 Å². The predicted octanol–water partition coefficient (Wildman–Crippen LogP) is 1.93. The summed E-state index contributed by atoms with van der Waals surface area (Å²) in [5.74, 6) is 1.85. The van der Waals surface area contributed by atoms with Gasteiger partial charge in [0.05, 0.1) is 0 Å². The average Bonchev–Trinajstić information content (AvgIpc) is 2.51. The van der Waals surface area contributed by atoms with E-state index in [1.165, 1.54) is 0 Å². The molecule has 1 rings (SSSR count). The zero-order valence-electron chi connectivity index (χ0n) is 7.32. The van der Waals surface area contributed by atoms with E-state index in [2.05, 4.69) is 35.7 Å². The van der Waals surface area contributed by atoms with Crippen molar-refractivity contribution in [3.05, 3.63) is 30.4 Å². The molecule has 0 N–H and O–H groups in total. The standard InChI is InChI=1S/C9H14N2S/c1-3-9-10-4-5-11(9)6-8(2)7-12/h4-5,12H,2-3,6-7H2,1H3. The summed E-state index contributed by atoms with van der Waals surface area (Å²) in [4.78, 5) is 4.22. The van der Waals surface area contributed by atoms with Gasteiger partial charge in [-0.3, -0.25) is 0 Å². The molecule has 12 heavy (non-hydrogen) atoms. The fraction of sp³-hybridized carbons (Fsp3) is 0.444. The Labute approximate surface area is 78.7 Å². The molecular formula is C9H14N2S. The number of hydrogen-bond donors (Lipinski definition) is 1. The maximum atomic E-state index is 4.22. The third-order valence-electron chi connectivity index (χ3n) is 1.74. The zero-order valence-corrected chi connectivity index (χ0v) is 8.22. The summed E-state index contributed by atoms with van der Waals surface area (Å²) >= 11 is 4.16. The lowest BCUT2D eigenvalue weighted by molar-refractivity contribution is 0.725. The van der Waals surface area contributed by atoms with Crippen LogP contribution in [-0.2, 0) is 13.0 Å². The first-order chi connectivity index (χ1) is 5.77. The maximum absolute atomic E-state index is 4.22. The zero-order chi connectivity index (χ0) is 8.97. The average molecular weight is 182 g/mol. The van der Waals surface area contributed by atoms with Crippen LogP contribution in [0.3, 0.4) is 0 Å². The third kappa shape index (κ3) is 2.14. The minimum atomic E-state index is 0.737. The van der Waals surface area contributed by atoms with E-state index in [1.807, 2.05) is 12.4 Å². The smallest absolute Gasteiger partial charge is 0.108 e. The van der Waals surface area contributed by atoms with Crippen LogP contribution >= 0.6 is 12.6 Å². The summed E-state index contributed by atoms with van der Waals surface area (Å²) in [7, 11) is 0. The van der Waals surface area contributed by atoms with Gasteiger partial charge in [0.25, 0.3) is 0 Å². The Morgan fingerprint density at radius 1 is 1.75 bits per heavy atom. The summed E-state index contributed by atoms with van der Waals surface area (Å²) in [6.07, 6.45) is 4.77. The molecule has 0 radical (unpaired) electrons. The van der Waals surface area contributed by atoms with Crippen LogP contribution in [0.4, 0.5) is 0 Å². The van der Waals surface area contributed by atoms with Crippen LogP contribution in [0.15, 0.2) is 24.5 Å². The molecule has 2 nitrogen and oxygen atoms in total. The molecule has 0 unspecified atom stereocenters. The molecule has 1 aromatic rings. The molecule has 0 saturated heterocycles.